The molecule has 4 nitrogen and oxygen atoms in total. The van der Waals surface area contributed by atoms with Crippen LogP contribution in [0.25, 0.3) is 22.7 Å². The van der Waals surface area contributed by atoms with E-state index in [-0.39, 0.29) is 0 Å². The highest BCUT2D eigenvalue weighted by Gasteiger charge is 2.14. The maximum absolute atomic E-state index is 6.02. The number of hydrogen-bond donors (Lipinski definition) is 1. The number of halogens is 3. The minimum atomic E-state index is 0.407. The van der Waals surface area contributed by atoms with Gasteiger partial charge >= 0.3 is 0 Å². The van der Waals surface area contributed by atoms with Gasteiger partial charge in [-0.25, -0.2) is 9.97 Å². The van der Waals surface area contributed by atoms with Crippen LogP contribution in [0, 0.1) is 0 Å². The number of rotatable bonds is 1. The van der Waals surface area contributed by atoms with Crippen LogP contribution in [0.4, 0.5) is 5.69 Å². The van der Waals surface area contributed by atoms with Gasteiger partial charge in [-0.3, -0.25) is 0 Å². The quantitative estimate of drug-likeness (QED) is 0.601. The number of benzene rings is 1. The zero-order chi connectivity index (χ0) is 13.6. The zero-order valence-electron chi connectivity index (χ0n) is 9.32. The lowest BCUT2D eigenvalue weighted by atomic mass is 10.2. The van der Waals surface area contributed by atoms with Crippen LogP contribution in [-0.4, -0.2) is 9.97 Å². The monoisotopic (exact) mass is 401 g/mol. The summed E-state index contributed by atoms with van der Waals surface area (Å²) >= 11 is 12.7. The van der Waals surface area contributed by atoms with Crippen molar-refractivity contribution in [2.75, 3.05) is 5.73 Å². The third-order valence-corrected chi connectivity index (χ3v) is 3.86. The lowest BCUT2D eigenvalue weighted by Crippen LogP contribution is -1.92. The average Bonchev–Trinajstić information content (AvgIpc) is 2.76. The fourth-order valence-corrected chi connectivity index (χ4v) is 3.05. The normalized spacial score (nSPS) is 11.1. The molecule has 2 N–H and O–H groups in total. The summed E-state index contributed by atoms with van der Waals surface area (Å²) in [4.78, 5) is 8.43. The second-order valence-corrected chi connectivity index (χ2v) is 6.05. The summed E-state index contributed by atoms with van der Waals surface area (Å²) in [6, 6.07) is 5.39. The summed E-state index contributed by atoms with van der Waals surface area (Å²) in [7, 11) is 0. The first kappa shape index (κ1) is 12.9. The van der Waals surface area contributed by atoms with E-state index in [1.807, 2.05) is 12.1 Å². The van der Waals surface area contributed by atoms with Crippen molar-refractivity contribution in [2.45, 2.75) is 0 Å². The van der Waals surface area contributed by atoms with Crippen molar-refractivity contribution < 1.29 is 4.42 Å². The largest absolute Gasteiger partial charge is 0.418 e. The highest BCUT2D eigenvalue weighted by molar-refractivity contribution is 9.11. The van der Waals surface area contributed by atoms with E-state index in [1.165, 1.54) is 6.20 Å². The Morgan fingerprint density at radius 3 is 2.79 bits per heavy atom. The van der Waals surface area contributed by atoms with Crippen molar-refractivity contribution in [1.82, 2.24) is 9.97 Å². The van der Waals surface area contributed by atoms with Crippen molar-refractivity contribution in [1.29, 1.82) is 0 Å². The molecular weight excluding hydrogens is 397 g/mol. The van der Waals surface area contributed by atoms with Gasteiger partial charge in [0.25, 0.3) is 0 Å². The van der Waals surface area contributed by atoms with E-state index < -0.39 is 0 Å². The molecule has 0 amide bonds. The smallest absolute Gasteiger partial charge is 0.247 e. The van der Waals surface area contributed by atoms with Gasteiger partial charge in [0.15, 0.2) is 0 Å². The predicted octanol–water partition coefficient (Wildman–Crippen LogP) is 4.65. The van der Waals surface area contributed by atoms with Crippen LogP contribution in [0.1, 0.15) is 0 Å². The molecule has 0 unspecified atom stereocenters. The number of nitrogen functional groups attached to an aromatic ring is 1. The van der Waals surface area contributed by atoms with E-state index in [9.17, 15) is 0 Å². The van der Waals surface area contributed by atoms with Gasteiger partial charge in [0, 0.05) is 15.1 Å². The topological polar surface area (TPSA) is 64.9 Å². The van der Waals surface area contributed by atoms with Gasteiger partial charge in [0.1, 0.15) is 5.52 Å². The summed E-state index contributed by atoms with van der Waals surface area (Å²) in [6.07, 6.45) is 1.51. The van der Waals surface area contributed by atoms with Crippen LogP contribution in [0.3, 0.4) is 0 Å². The van der Waals surface area contributed by atoms with Gasteiger partial charge in [-0.15, -0.1) is 0 Å². The summed E-state index contributed by atoms with van der Waals surface area (Å²) in [5.74, 6) is 0.407. The molecule has 0 atom stereocenters. The Balaban J connectivity index is 2.24. The Bertz CT molecular complexity index is 788. The van der Waals surface area contributed by atoms with Crippen molar-refractivity contribution in [3.05, 3.63) is 38.4 Å². The number of hydrogen-bond acceptors (Lipinski definition) is 4. The molecule has 0 aliphatic carbocycles. The molecule has 0 saturated carbocycles. The average molecular weight is 403 g/mol. The molecule has 3 rings (SSSR count). The molecule has 2 aromatic heterocycles. The number of aromatic nitrogens is 2. The first-order valence-electron chi connectivity index (χ1n) is 5.21. The fourth-order valence-electron chi connectivity index (χ4n) is 1.68. The van der Waals surface area contributed by atoms with Gasteiger partial charge in [-0.1, -0.05) is 27.5 Å². The van der Waals surface area contributed by atoms with E-state index in [0.29, 0.717) is 33.4 Å². The zero-order valence-corrected chi connectivity index (χ0v) is 13.3. The van der Waals surface area contributed by atoms with E-state index in [1.54, 1.807) is 6.07 Å². The second kappa shape index (κ2) is 4.77. The highest BCUT2D eigenvalue weighted by Crippen LogP contribution is 2.35. The van der Waals surface area contributed by atoms with Crippen molar-refractivity contribution >= 4 is 60.4 Å². The molecule has 2 heterocycles. The number of anilines is 1. The van der Waals surface area contributed by atoms with E-state index in [0.717, 1.165) is 8.95 Å². The van der Waals surface area contributed by atoms with Gasteiger partial charge in [0.05, 0.1) is 16.3 Å². The Morgan fingerprint density at radius 2 is 2.00 bits per heavy atom. The molecule has 0 fully saturated rings. The highest BCUT2D eigenvalue weighted by atomic mass is 79.9. The lowest BCUT2D eigenvalue weighted by Gasteiger charge is -2.04. The van der Waals surface area contributed by atoms with Crippen LogP contribution >= 0.6 is 43.5 Å². The first-order chi connectivity index (χ1) is 9.04. The molecule has 0 radical (unpaired) electrons. The molecule has 0 bridgehead atoms. The summed E-state index contributed by atoms with van der Waals surface area (Å²) in [6.45, 7) is 0. The third kappa shape index (κ3) is 2.35. The van der Waals surface area contributed by atoms with Crippen LogP contribution in [-0.2, 0) is 0 Å². The molecule has 0 aliphatic rings. The number of fused-ring (bicyclic) bond motifs is 1. The van der Waals surface area contributed by atoms with E-state index in [4.69, 9.17) is 21.8 Å². The summed E-state index contributed by atoms with van der Waals surface area (Å²) in [5, 5.41) is 0.510. The number of pyridine rings is 1. The summed E-state index contributed by atoms with van der Waals surface area (Å²) < 4.78 is 7.24. The first-order valence-corrected chi connectivity index (χ1v) is 7.18. The van der Waals surface area contributed by atoms with E-state index >= 15 is 0 Å². The number of nitrogens with two attached hydrogens (primary N) is 1. The Labute approximate surface area is 130 Å². The lowest BCUT2D eigenvalue weighted by molar-refractivity contribution is 0.608. The SMILES string of the molecule is Nc1c(Br)cc(Br)cc1-c1nc2cc(Cl)cnc2o1. The van der Waals surface area contributed by atoms with Crippen LogP contribution in [0.15, 0.2) is 37.8 Å². The molecule has 0 saturated heterocycles. The van der Waals surface area contributed by atoms with Crippen LogP contribution in [0.2, 0.25) is 5.02 Å². The molecular formula is C12H6Br2ClN3O. The number of nitrogens with zero attached hydrogens (tertiary/aromatic N) is 2. The molecule has 0 aliphatic heterocycles. The minimum absolute atomic E-state index is 0.407. The summed E-state index contributed by atoms with van der Waals surface area (Å²) in [5.41, 5.74) is 8.29. The maximum Gasteiger partial charge on any atom is 0.247 e. The Morgan fingerprint density at radius 1 is 1.21 bits per heavy atom. The van der Waals surface area contributed by atoms with Crippen LogP contribution in [0.5, 0.6) is 0 Å². The minimum Gasteiger partial charge on any atom is -0.418 e. The predicted molar refractivity (Wildman–Crippen MR) is 82.1 cm³/mol. The molecule has 96 valence electrons. The maximum atomic E-state index is 6.02. The van der Waals surface area contributed by atoms with E-state index in [2.05, 4.69) is 41.8 Å². The Kier molecular flexibility index (Phi) is 3.24. The van der Waals surface area contributed by atoms with Crippen LogP contribution < -0.4 is 5.73 Å². The van der Waals surface area contributed by atoms with Crippen molar-refractivity contribution in [2.24, 2.45) is 0 Å². The van der Waals surface area contributed by atoms with Gasteiger partial charge in [0.2, 0.25) is 11.6 Å². The Hall–Kier alpha value is -1.11. The van der Waals surface area contributed by atoms with Crippen molar-refractivity contribution in [3.63, 3.8) is 0 Å². The van der Waals surface area contributed by atoms with Gasteiger partial charge in [-0.05, 0) is 34.1 Å². The second-order valence-electron chi connectivity index (χ2n) is 3.85. The molecule has 0 spiro atoms. The molecule has 3 aromatic rings. The molecule has 19 heavy (non-hydrogen) atoms. The third-order valence-electron chi connectivity index (χ3n) is 2.54. The van der Waals surface area contributed by atoms with Crippen molar-refractivity contribution in [3.8, 4) is 11.5 Å². The number of oxazole rings is 1. The molecule has 7 heteroatoms. The fraction of sp³-hybridized carbons (Fsp3) is 0. The standard InChI is InChI=1S/C12H6Br2ClN3O/c13-5-1-7(10(16)8(14)2-5)11-18-9-3-6(15)4-17-12(9)19-11/h1-4H,16H2. The van der Waals surface area contributed by atoms with Gasteiger partial charge < -0.3 is 10.2 Å². The van der Waals surface area contributed by atoms with Gasteiger partial charge in [-0.2, -0.15) is 0 Å². The molecule has 1 aromatic carbocycles.